The average Bonchev–Trinajstić information content (AvgIpc) is 2.59. The van der Waals surface area contributed by atoms with Crippen LogP contribution in [0.25, 0.3) is 5.69 Å². The van der Waals surface area contributed by atoms with Gasteiger partial charge in [0.25, 0.3) is 0 Å². The van der Waals surface area contributed by atoms with Crippen LogP contribution in [0.5, 0.6) is 5.75 Å². The number of hydrogen-bond donors (Lipinski definition) is 0. The van der Waals surface area contributed by atoms with Gasteiger partial charge in [0.1, 0.15) is 5.75 Å². The van der Waals surface area contributed by atoms with Crippen molar-refractivity contribution in [2.45, 2.75) is 13.5 Å². The molecule has 122 valence electrons. The predicted molar refractivity (Wildman–Crippen MR) is 93.1 cm³/mol. The smallest absolute Gasteiger partial charge is 0.321 e. The summed E-state index contributed by atoms with van der Waals surface area (Å²) in [7, 11) is 1.53. The second kappa shape index (κ2) is 6.58. The first-order chi connectivity index (χ1) is 11.6. The van der Waals surface area contributed by atoms with Crippen LogP contribution in [-0.2, 0) is 6.54 Å². The zero-order valence-electron chi connectivity index (χ0n) is 13.6. The summed E-state index contributed by atoms with van der Waals surface area (Å²) in [4.78, 5) is 24.9. The molecule has 1 heterocycles. The fraction of sp³-hybridized carbons (Fsp3) is 0.158. The van der Waals surface area contributed by atoms with E-state index in [2.05, 4.69) is 0 Å². The molecule has 0 amide bonds. The highest BCUT2D eigenvalue weighted by Crippen LogP contribution is 2.19. The first kappa shape index (κ1) is 15.8. The summed E-state index contributed by atoms with van der Waals surface area (Å²) in [6.45, 7) is 2.36. The van der Waals surface area contributed by atoms with Gasteiger partial charge in [-0.15, -0.1) is 0 Å². The van der Waals surface area contributed by atoms with E-state index in [-0.39, 0.29) is 0 Å². The topological polar surface area (TPSA) is 53.2 Å². The number of aryl methyl sites for hydroxylation is 1. The van der Waals surface area contributed by atoms with Crippen LogP contribution in [0.2, 0.25) is 0 Å². The lowest BCUT2D eigenvalue weighted by atomic mass is 10.1. The quantitative estimate of drug-likeness (QED) is 0.693. The molecule has 0 fully saturated rings. The molecular weight excluding hydrogens is 304 g/mol. The van der Waals surface area contributed by atoms with Crippen LogP contribution in [-0.4, -0.2) is 16.2 Å². The maximum absolute atomic E-state index is 12.5. The van der Waals surface area contributed by atoms with Crippen molar-refractivity contribution in [3.8, 4) is 11.4 Å². The van der Waals surface area contributed by atoms with Gasteiger partial charge in [-0.2, -0.15) is 0 Å². The molecular formula is C19H18N2O3. The van der Waals surface area contributed by atoms with Crippen molar-refractivity contribution >= 4 is 0 Å². The Morgan fingerprint density at radius 2 is 1.75 bits per heavy atom. The minimum absolute atomic E-state index is 0.364. The van der Waals surface area contributed by atoms with Crippen molar-refractivity contribution in [3.63, 3.8) is 0 Å². The van der Waals surface area contributed by atoms with Crippen molar-refractivity contribution in [2.24, 2.45) is 0 Å². The Kier molecular flexibility index (Phi) is 4.33. The van der Waals surface area contributed by atoms with Gasteiger partial charge in [-0.3, -0.25) is 14.2 Å². The van der Waals surface area contributed by atoms with E-state index < -0.39 is 11.1 Å². The number of methoxy groups -OCH3 is 1. The maximum Gasteiger partial charge on any atom is 0.321 e. The van der Waals surface area contributed by atoms with Crippen LogP contribution in [0.15, 0.2) is 70.5 Å². The summed E-state index contributed by atoms with van der Waals surface area (Å²) in [5.41, 5.74) is 1.47. The van der Waals surface area contributed by atoms with Gasteiger partial charge in [-0.1, -0.05) is 42.0 Å². The van der Waals surface area contributed by atoms with Gasteiger partial charge in [-0.25, -0.2) is 0 Å². The van der Waals surface area contributed by atoms with Crippen molar-refractivity contribution in [2.75, 3.05) is 7.11 Å². The molecule has 24 heavy (non-hydrogen) atoms. The van der Waals surface area contributed by atoms with E-state index in [0.29, 0.717) is 18.0 Å². The van der Waals surface area contributed by atoms with Gasteiger partial charge in [0.05, 0.1) is 19.3 Å². The van der Waals surface area contributed by atoms with Crippen LogP contribution in [0, 0.1) is 6.92 Å². The molecule has 3 rings (SSSR count). The zero-order chi connectivity index (χ0) is 17.1. The molecule has 0 saturated carbocycles. The highest BCUT2D eigenvalue weighted by Gasteiger charge is 2.10. The van der Waals surface area contributed by atoms with Crippen LogP contribution in [0.4, 0.5) is 0 Å². The second-order valence-electron chi connectivity index (χ2n) is 5.57. The third-order valence-electron chi connectivity index (χ3n) is 3.84. The lowest BCUT2D eigenvalue weighted by molar-refractivity contribution is 0.412. The number of hydrogen-bond acceptors (Lipinski definition) is 3. The van der Waals surface area contributed by atoms with Gasteiger partial charge in [0.15, 0.2) is 0 Å². The van der Waals surface area contributed by atoms with Crippen molar-refractivity contribution in [3.05, 3.63) is 92.8 Å². The maximum atomic E-state index is 12.5. The van der Waals surface area contributed by atoms with E-state index in [1.54, 1.807) is 30.6 Å². The number of aromatic nitrogens is 2. The molecule has 0 saturated heterocycles. The van der Waals surface area contributed by atoms with Gasteiger partial charge < -0.3 is 9.30 Å². The summed E-state index contributed by atoms with van der Waals surface area (Å²) in [5.74, 6) is 0.537. The highest BCUT2D eigenvalue weighted by molar-refractivity contribution is 5.46. The lowest BCUT2D eigenvalue weighted by Gasteiger charge is -2.12. The first-order valence-corrected chi connectivity index (χ1v) is 7.61. The largest absolute Gasteiger partial charge is 0.495 e. The monoisotopic (exact) mass is 322 g/mol. The molecule has 0 aliphatic carbocycles. The van der Waals surface area contributed by atoms with Crippen molar-refractivity contribution in [1.82, 2.24) is 9.13 Å². The van der Waals surface area contributed by atoms with E-state index in [4.69, 9.17) is 4.74 Å². The Hall–Kier alpha value is -3.08. The number of para-hydroxylation sites is 2. The van der Waals surface area contributed by atoms with Gasteiger partial charge in [-0.05, 0) is 24.6 Å². The fourth-order valence-electron chi connectivity index (χ4n) is 2.66. The number of benzene rings is 2. The van der Waals surface area contributed by atoms with E-state index in [9.17, 15) is 9.59 Å². The molecule has 3 aromatic rings. The Balaban J connectivity index is 2.04. The minimum atomic E-state index is -0.602. The SMILES string of the molecule is COc1ccccc1-n1ccn(Cc2cccc(C)c2)c(=O)c1=O. The minimum Gasteiger partial charge on any atom is -0.495 e. The Labute approximate surface area is 139 Å². The molecule has 0 aliphatic heterocycles. The summed E-state index contributed by atoms with van der Waals surface area (Å²) >= 11 is 0. The number of ether oxygens (including phenoxy) is 1. The summed E-state index contributed by atoms with van der Waals surface area (Å²) in [5, 5.41) is 0. The first-order valence-electron chi connectivity index (χ1n) is 7.61. The van der Waals surface area contributed by atoms with Crippen molar-refractivity contribution in [1.29, 1.82) is 0 Å². The van der Waals surface area contributed by atoms with Crippen LogP contribution >= 0.6 is 0 Å². The van der Waals surface area contributed by atoms with Gasteiger partial charge in [0, 0.05) is 12.4 Å². The van der Waals surface area contributed by atoms with Crippen molar-refractivity contribution < 1.29 is 4.74 Å². The molecule has 1 aromatic heterocycles. The van der Waals surface area contributed by atoms with E-state index in [0.717, 1.165) is 11.1 Å². The predicted octanol–water partition coefficient (Wildman–Crippen LogP) is 2.36. The summed E-state index contributed by atoms with van der Waals surface area (Å²) in [6.07, 6.45) is 3.22. The molecule has 2 aromatic carbocycles. The Morgan fingerprint density at radius 1 is 0.958 bits per heavy atom. The lowest BCUT2D eigenvalue weighted by Crippen LogP contribution is -2.40. The fourth-order valence-corrected chi connectivity index (χ4v) is 2.66. The molecule has 0 unspecified atom stereocenters. The Morgan fingerprint density at radius 3 is 2.50 bits per heavy atom. The summed E-state index contributed by atoms with van der Waals surface area (Å²) < 4.78 is 8.00. The zero-order valence-corrected chi connectivity index (χ0v) is 13.6. The molecule has 0 aliphatic rings. The van der Waals surface area contributed by atoms with Gasteiger partial charge >= 0.3 is 11.1 Å². The van der Waals surface area contributed by atoms with E-state index >= 15 is 0 Å². The molecule has 5 nitrogen and oxygen atoms in total. The molecule has 0 atom stereocenters. The highest BCUT2D eigenvalue weighted by atomic mass is 16.5. The molecule has 5 heteroatoms. The van der Waals surface area contributed by atoms with E-state index in [1.165, 1.54) is 16.2 Å². The third kappa shape index (κ3) is 3.01. The number of nitrogens with zero attached hydrogens (tertiary/aromatic N) is 2. The second-order valence-corrected chi connectivity index (χ2v) is 5.57. The number of rotatable bonds is 4. The average molecular weight is 322 g/mol. The van der Waals surface area contributed by atoms with Gasteiger partial charge in [0.2, 0.25) is 0 Å². The Bertz CT molecular complexity index is 986. The van der Waals surface area contributed by atoms with Crippen LogP contribution in [0.3, 0.4) is 0 Å². The van der Waals surface area contributed by atoms with E-state index in [1.807, 2.05) is 37.3 Å². The normalized spacial score (nSPS) is 10.6. The van der Waals surface area contributed by atoms with Crippen LogP contribution in [0.1, 0.15) is 11.1 Å². The third-order valence-corrected chi connectivity index (χ3v) is 3.84. The van der Waals surface area contributed by atoms with Crippen LogP contribution < -0.4 is 15.9 Å². The molecule has 0 spiro atoms. The molecule has 0 N–H and O–H groups in total. The summed E-state index contributed by atoms with van der Waals surface area (Å²) in [6, 6.07) is 15.0. The molecule has 0 bridgehead atoms. The molecule has 0 radical (unpaired) electrons. The standard InChI is InChI=1S/C19H18N2O3/c1-14-6-5-7-15(12-14)13-20-10-11-21(19(23)18(20)22)16-8-3-4-9-17(16)24-2/h3-12H,13H2,1-2H3.